The van der Waals surface area contributed by atoms with Crippen molar-refractivity contribution in [2.45, 2.75) is 45.0 Å². The van der Waals surface area contributed by atoms with Gasteiger partial charge >= 0.3 is 0 Å². The summed E-state index contributed by atoms with van der Waals surface area (Å²) in [7, 11) is 0. The topological polar surface area (TPSA) is 56.8 Å². The van der Waals surface area contributed by atoms with Crippen LogP contribution in [0.15, 0.2) is 30.3 Å². The van der Waals surface area contributed by atoms with Crippen LogP contribution in [0.25, 0.3) is 0 Å². The summed E-state index contributed by atoms with van der Waals surface area (Å²) in [5, 5.41) is 0. The Morgan fingerprint density at radius 1 is 1.19 bits per heavy atom. The number of para-hydroxylation sites is 1. The van der Waals surface area contributed by atoms with Gasteiger partial charge in [0.25, 0.3) is 0 Å². The number of nitrogens with one attached hydrogen (secondary N) is 1. The van der Waals surface area contributed by atoms with Crippen molar-refractivity contribution >= 4 is 11.5 Å². The maximum absolute atomic E-state index is 12.0. The minimum Gasteiger partial charge on any atom is -0.350 e. The Hall–Kier alpha value is -1.43. The summed E-state index contributed by atoms with van der Waals surface area (Å²) in [5.74, 6) is -0.631. The highest BCUT2D eigenvalue weighted by Gasteiger charge is 2.42. The first-order valence-electron chi connectivity index (χ1n) is 7.46. The van der Waals surface area contributed by atoms with E-state index in [0.717, 1.165) is 5.69 Å². The summed E-state index contributed by atoms with van der Waals surface area (Å²) in [6.45, 7) is 4.95. The summed E-state index contributed by atoms with van der Waals surface area (Å²) in [6, 6.07) is 9.49. The molecule has 1 aliphatic rings. The molecule has 1 fully saturated rings. The van der Waals surface area contributed by atoms with Crippen molar-refractivity contribution in [2.24, 2.45) is 0 Å². The van der Waals surface area contributed by atoms with Gasteiger partial charge in [-0.05, 0) is 26.0 Å². The van der Waals surface area contributed by atoms with Gasteiger partial charge in [0, 0.05) is 32.5 Å². The number of hydrogen-bond acceptors (Lipinski definition) is 5. The van der Waals surface area contributed by atoms with Gasteiger partial charge in [0.2, 0.25) is 0 Å². The molecule has 1 N–H and O–H groups in total. The molecule has 0 spiro atoms. The number of carbonyl (C=O) groups excluding carboxylic acids is 1. The van der Waals surface area contributed by atoms with Crippen molar-refractivity contribution in [2.75, 3.05) is 18.7 Å². The molecule has 0 bridgehead atoms. The summed E-state index contributed by atoms with van der Waals surface area (Å²) in [4.78, 5) is 17.6. The van der Waals surface area contributed by atoms with Crippen LogP contribution in [0, 0.1) is 0 Å². The highest BCUT2D eigenvalue weighted by atomic mass is 16.7. The minimum atomic E-state index is -0.708. The van der Waals surface area contributed by atoms with E-state index < -0.39 is 11.9 Å². The van der Waals surface area contributed by atoms with Crippen LogP contribution in [0.1, 0.15) is 33.1 Å². The number of rotatable bonds is 7. The van der Waals surface area contributed by atoms with Gasteiger partial charge in [0.05, 0.1) is 5.69 Å². The van der Waals surface area contributed by atoms with Gasteiger partial charge in [0.15, 0.2) is 11.6 Å². The minimum absolute atomic E-state index is 0.0773. The molecular weight excluding hydrogens is 270 g/mol. The molecule has 2 rings (SSSR count). The highest BCUT2D eigenvalue weighted by molar-refractivity contribution is 5.84. The smallest absolute Gasteiger partial charge is 0.171 e. The lowest BCUT2D eigenvalue weighted by Crippen LogP contribution is -2.48. The normalized spacial score (nSPS) is 21.2. The molecule has 5 heteroatoms. The average Bonchev–Trinajstić information content (AvgIpc) is 2.50. The fraction of sp³-hybridized carbons (Fsp3) is 0.562. The Balaban J connectivity index is 1.98. The number of Topliss-reactive ketones (excluding diaryl/α,β-unsaturated/α-hetero) is 1. The number of ether oxygens (including phenoxy) is 2. The van der Waals surface area contributed by atoms with E-state index in [1.165, 1.54) is 0 Å². The Kier molecular flexibility index (Phi) is 5.73. The first-order chi connectivity index (χ1) is 10.2. The van der Waals surface area contributed by atoms with Gasteiger partial charge in [0.1, 0.15) is 6.10 Å². The molecule has 1 aromatic rings. The number of carbonyl (C=O) groups is 1. The molecule has 1 aliphatic carbocycles. The van der Waals surface area contributed by atoms with Gasteiger partial charge in [-0.3, -0.25) is 15.1 Å². The monoisotopic (exact) mass is 293 g/mol. The standard InChI is InChI=1S/C16H23NO4/c1-3-19-16(20-4-2)11-10-14(18)15(12-16)21-17-13-8-6-5-7-9-13/h5-9,15,17H,3-4,10-12H2,1-2H3/t15-/m1/s1. The lowest BCUT2D eigenvalue weighted by atomic mass is 9.90. The summed E-state index contributed by atoms with van der Waals surface area (Å²) in [6.07, 6.45) is 0.838. The molecular formula is C16H23NO4. The average molecular weight is 293 g/mol. The van der Waals surface area contributed by atoms with E-state index in [9.17, 15) is 4.79 Å². The number of benzene rings is 1. The van der Waals surface area contributed by atoms with E-state index in [1.54, 1.807) is 0 Å². The number of ketones is 1. The number of anilines is 1. The van der Waals surface area contributed by atoms with Crippen LogP contribution in [0.3, 0.4) is 0 Å². The molecule has 0 heterocycles. The molecule has 21 heavy (non-hydrogen) atoms. The fourth-order valence-electron chi connectivity index (χ4n) is 2.56. The molecule has 1 aromatic carbocycles. The summed E-state index contributed by atoms with van der Waals surface area (Å²) in [5.41, 5.74) is 3.65. The van der Waals surface area contributed by atoms with E-state index in [1.807, 2.05) is 44.2 Å². The summed E-state index contributed by atoms with van der Waals surface area (Å²) < 4.78 is 11.5. The summed E-state index contributed by atoms with van der Waals surface area (Å²) >= 11 is 0. The third-order valence-electron chi connectivity index (χ3n) is 3.52. The van der Waals surface area contributed by atoms with E-state index in [2.05, 4.69) is 5.48 Å². The molecule has 1 atom stereocenters. The lowest BCUT2D eigenvalue weighted by Gasteiger charge is -2.38. The predicted octanol–water partition coefficient (Wildman–Crippen LogP) is 2.92. The zero-order valence-electron chi connectivity index (χ0n) is 12.6. The molecule has 5 nitrogen and oxygen atoms in total. The van der Waals surface area contributed by atoms with E-state index in [0.29, 0.717) is 32.5 Å². The molecule has 0 radical (unpaired) electrons. The van der Waals surface area contributed by atoms with Crippen molar-refractivity contribution < 1.29 is 19.1 Å². The van der Waals surface area contributed by atoms with Crippen LogP contribution >= 0.6 is 0 Å². The van der Waals surface area contributed by atoms with E-state index >= 15 is 0 Å². The Bertz CT molecular complexity index is 443. The maximum Gasteiger partial charge on any atom is 0.171 e. The van der Waals surface area contributed by atoms with Crippen molar-refractivity contribution in [1.82, 2.24) is 0 Å². The van der Waals surface area contributed by atoms with Gasteiger partial charge in [-0.15, -0.1) is 0 Å². The first-order valence-corrected chi connectivity index (χ1v) is 7.46. The quantitative estimate of drug-likeness (QED) is 0.619. The van der Waals surface area contributed by atoms with Gasteiger partial charge in [-0.2, -0.15) is 0 Å². The van der Waals surface area contributed by atoms with Crippen LogP contribution in [0.2, 0.25) is 0 Å². The predicted molar refractivity (Wildman–Crippen MR) is 79.8 cm³/mol. The van der Waals surface area contributed by atoms with Crippen LogP contribution in [-0.2, 0) is 19.1 Å². The molecule has 0 aliphatic heterocycles. The third-order valence-corrected chi connectivity index (χ3v) is 3.52. The zero-order chi connectivity index (χ0) is 15.1. The van der Waals surface area contributed by atoms with Gasteiger partial charge in [-0.25, -0.2) is 0 Å². The Morgan fingerprint density at radius 3 is 2.48 bits per heavy atom. The van der Waals surface area contributed by atoms with E-state index in [-0.39, 0.29) is 5.78 Å². The van der Waals surface area contributed by atoms with Crippen LogP contribution in [0.4, 0.5) is 5.69 Å². The third kappa shape index (κ3) is 4.27. The van der Waals surface area contributed by atoms with Gasteiger partial charge < -0.3 is 9.47 Å². The Labute approximate surface area is 125 Å². The van der Waals surface area contributed by atoms with Crippen LogP contribution in [0.5, 0.6) is 0 Å². The van der Waals surface area contributed by atoms with Crippen LogP contribution < -0.4 is 5.48 Å². The number of hydrogen-bond donors (Lipinski definition) is 1. The van der Waals surface area contributed by atoms with Crippen LogP contribution in [-0.4, -0.2) is 30.9 Å². The highest BCUT2D eigenvalue weighted by Crippen LogP contribution is 2.33. The van der Waals surface area contributed by atoms with Crippen molar-refractivity contribution in [1.29, 1.82) is 0 Å². The first kappa shape index (κ1) is 15.9. The maximum atomic E-state index is 12.0. The lowest BCUT2D eigenvalue weighted by molar-refractivity contribution is -0.257. The van der Waals surface area contributed by atoms with Crippen molar-refractivity contribution in [3.8, 4) is 0 Å². The second-order valence-electron chi connectivity index (χ2n) is 5.02. The molecule has 0 unspecified atom stereocenters. The molecule has 1 saturated carbocycles. The second kappa shape index (κ2) is 7.54. The zero-order valence-corrected chi connectivity index (χ0v) is 12.6. The van der Waals surface area contributed by atoms with Crippen molar-refractivity contribution in [3.05, 3.63) is 30.3 Å². The fourth-order valence-corrected chi connectivity index (χ4v) is 2.56. The second-order valence-corrected chi connectivity index (χ2v) is 5.02. The largest absolute Gasteiger partial charge is 0.350 e. The molecule has 0 saturated heterocycles. The Morgan fingerprint density at radius 2 is 1.86 bits per heavy atom. The van der Waals surface area contributed by atoms with Gasteiger partial charge in [-0.1, -0.05) is 18.2 Å². The molecule has 0 aromatic heterocycles. The van der Waals surface area contributed by atoms with Crippen molar-refractivity contribution in [3.63, 3.8) is 0 Å². The van der Waals surface area contributed by atoms with E-state index in [4.69, 9.17) is 14.3 Å². The SMILES string of the molecule is CCOC1(OCC)CCC(=O)[C@H](ONc2ccccc2)C1. The molecule has 0 amide bonds. The molecule has 116 valence electrons.